The zero-order valence-corrected chi connectivity index (χ0v) is 9.28. The van der Waals surface area contributed by atoms with Gasteiger partial charge in [-0.25, -0.2) is 4.39 Å². The van der Waals surface area contributed by atoms with Crippen LogP contribution < -0.4 is 0 Å². The second-order valence-corrected chi connectivity index (χ2v) is 5.84. The molecule has 2 aliphatic heterocycles. The highest BCUT2D eigenvalue weighted by molar-refractivity contribution is 8.01. The van der Waals surface area contributed by atoms with Crippen LogP contribution in [-0.4, -0.2) is 18.0 Å². The minimum Gasteiger partial charge on any atom is -0.381 e. The van der Waals surface area contributed by atoms with Gasteiger partial charge < -0.3 is 4.74 Å². The predicted molar refractivity (Wildman–Crippen MR) is 58.7 cm³/mol. The first-order valence-corrected chi connectivity index (χ1v) is 6.14. The Balaban J connectivity index is 1.90. The van der Waals surface area contributed by atoms with Gasteiger partial charge in [-0.05, 0) is 37.0 Å². The number of hydrogen-bond acceptors (Lipinski definition) is 2. The normalized spacial score (nSPS) is 23.0. The fraction of sp³-hybridized carbons (Fsp3) is 0.500. The molecule has 0 radical (unpaired) electrons. The third-order valence-corrected chi connectivity index (χ3v) is 4.86. The van der Waals surface area contributed by atoms with Crippen molar-refractivity contribution in [3.63, 3.8) is 0 Å². The highest BCUT2D eigenvalue weighted by Crippen LogP contribution is 2.50. The van der Waals surface area contributed by atoms with Crippen LogP contribution in [0.25, 0.3) is 0 Å². The SMILES string of the molecule is Fc1ccc2c(c1)SC1(CCOCC1)C2. The maximum atomic E-state index is 13.1. The Kier molecular flexibility index (Phi) is 2.25. The number of hydrogen-bond donors (Lipinski definition) is 0. The van der Waals surface area contributed by atoms with Gasteiger partial charge in [-0.15, -0.1) is 11.8 Å². The van der Waals surface area contributed by atoms with Gasteiger partial charge in [-0.2, -0.15) is 0 Å². The Labute approximate surface area is 93.0 Å². The van der Waals surface area contributed by atoms with Crippen LogP contribution in [0, 0.1) is 5.82 Å². The Hall–Kier alpha value is -0.540. The topological polar surface area (TPSA) is 9.23 Å². The summed E-state index contributed by atoms with van der Waals surface area (Å²) in [4.78, 5) is 1.14. The molecule has 0 aromatic heterocycles. The smallest absolute Gasteiger partial charge is 0.124 e. The van der Waals surface area contributed by atoms with Crippen molar-refractivity contribution in [3.8, 4) is 0 Å². The minimum atomic E-state index is -0.120. The van der Waals surface area contributed by atoms with Crippen molar-refractivity contribution >= 4 is 11.8 Å². The molecular weight excluding hydrogens is 211 g/mol. The lowest BCUT2D eigenvalue weighted by atomic mass is 9.92. The Morgan fingerprint density at radius 1 is 1.27 bits per heavy atom. The van der Waals surface area contributed by atoms with Crippen LogP contribution >= 0.6 is 11.8 Å². The summed E-state index contributed by atoms with van der Waals surface area (Å²) in [5.74, 6) is -0.120. The molecule has 2 heterocycles. The van der Waals surface area contributed by atoms with E-state index in [1.807, 2.05) is 17.8 Å². The molecule has 1 spiro atoms. The molecule has 0 bridgehead atoms. The first-order chi connectivity index (χ1) is 7.27. The molecule has 0 N–H and O–H groups in total. The van der Waals surface area contributed by atoms with Crippen molar-refractivity contribution in [2.75, 3.05) is 13.2 Å². The first-order valence-electron chi connectivity index (χ1n) is 5.33. The van der Waals surface area contributed by atoms with Crippen LogP contribution in [0.1, 0.15) is 18.4 Å². The summed E-state index contributed by atoms with van der Waals surface area (Å²) in [6.07, 6.45) is 3.26. The van der Waals surface area contributed by atoms with Crippen molar-refractivity contribution in [1.82, 2.24) is 0 Å². The lowest BCUT2D eigenvalue weighted by Gasteiger charge is -2.32. The predicted octanol–water partition coefficient (Wildman–Crippen LogP) is 3.02. The molecule has 1 saturated heterocycles. The Bertz CT molecular complexity index is 385. The average molecular weight is 224 g/mol. The van der Waals surface area contributed by atoms with Crippen LogP contribution in [0.5, 0.6) is 0 Å². The summed E-state index contributed by atoms with van der Waals surface area (Å²) < 4.78 is 18.8. The Morgan fingerprint density at radius 3 is 2.87 bits per heavy atom. The second-order valence-electron chi connectivity index (χ2n) is 4.33. The summed E-state index contributed by atoms with van der Waals surface area (Å²) in [7, 11) is 0. The van der Waals surface area contributed by atoms with E-state index in [-0.39, 0.29) is 5.82 Å². The van der Waals surface area contributed by atoms with Gasteiger partial charge in [0.2, 0.25) is 0 Å². The van der Waals surface area contributed by atoms with E-state index in [2.05, 4.69) is 0 Å². The molecule has 1 fully saturated rings. The summed E-state index contributed by atoms with van der Waals surface area (Å²) in [6.45, 7) is 1.70. The fourth-order valence-electron chi connectivity index (χ4n) is 2.41. The summed E-state index contributed by atoms with van der Waals surface area (Å²) in [5.41, 5.74) is 1.31. The molecule has 0 saturated carbocycles. The third kappa shape index (κ3) is 1.68. The highest BCUT2D eigenvalue weighted by Gasteiger charge is 2.39. The number of ether oxygens (including phenoxy) is 1. The zero-order valence-electron chi connectivity index (χ0n) is 8.46. The number of halogens is 1. The van der Waals surface area contributed by atoms with Gasteiger partial charge in [0.05, 0.1) is 0 Å². The number of benzene rings is 1. The van der Waals surface area contributed by atoms with E-state index in [0.29, 0.717) is 4.75 Å². The van der Waals surface area contributed by atoms with Crippen LogP contribution in [0.3, 0.4) is 0 Å². The molecule has 80 valence electrons. The number of thioether (sulfide) groups is 1. The van der Waals surface area contributed by atoms with Crippen LogP contribution in [0.2, 0.25) is 0 Å². The molecule has 2 aliphatic rings. The summed E-state index contributed by atoms with van der Waals surface area (Å²) >= 11 is 1.85. The first kappa shape index (κ1) is 9.67. The van der Waals surface area contributed by atoms with Gasteiger partial charge >= 0.3 is 0 Å². The van der Waals surface area contributed by atoms with Crippen LogP contribution in [-0.2, 0) is 11.2 Å². The van der Waals surface area contributed by atoms with E-state index < -0.39 is 0 Å². The number of rotatable bonds is 0. The lowest BCUT2D eigenvalue weighted by Crippen LogP contribution is -2.32. The second kappa shape index (κ2) is 3.49. The van der Waals surface area contributed by atoms with Gasteiger partial charge in [-0.3, -0.25) is 0 Å². The summed E-state index contributed by atoms with van der Waals surface area (Å²) in [5, 5.41) is 0. The average Bonchev–Trinajstić information content (AvgIpc) is 2.56. The minimum absolute atomic E-state index is 0.120. The van der Waals surface area contributed by atoms with Crippen molar-refractivity contribution in [2.45, 2.75) is 28.9 Å². The number of fused-ring (bicyclic) bond motifs is 1. The van der Waals surface area contributed by atoms with Crippen molar-refractivity contribution < 1.29 is 9.13 Å². The lowest BCUT2D eigenvalue weighted by molar-refractivity contribution is 0.0782. The molecule has 1 aromatic carbocycles. The summed E-state index contributed by atoms with van der Waals surface area (Å²) in [6, 6.07) is 5.17. The zero-order chi connectivity index (χ0) is 10.3. The molecule has 0 aliphatic carbocycles. The maximum Gasteiger partial charge on any atom is 0.124 e. The van der Waals surface area contributed by atoms with E-state index in [1.54, 1.807) is 12.1 Å². The molecule has 1 nitrogen and oxygen atoms in total. The van der Waals surface area contributed by atoms with Gasteiger partial charge in [0.15, 0.2) is 0 Å². The maximum absolute atomic E-state index is 13.1. The molecule has 1 aromatic rings. The molecule has 15 heavy (non-hydrogen) atoms. The largest absolute Gasteiger partial charge is 0.381 e. The molecule has 3 rings (SSSR count). The Morgan fingerprint density at radius 2 is 2.07 bits per heavy atom. The van der Waals surface area contributed by atoms with Crippen molar-refractivity contribution in [1.29, 1.82) is 0 Å². The molecule has 0 atom stereocenters. The van der Waals surface area contributed by atoms with Crippen molar-refractivity contribution in [3.05, 3.63) is 29.6 Å². The van der Waals surface area contributed by atoms with E-state index in [4.69, 9.17) is 4.74 Å². The van der Waals surface area contributed by atoms with Gasteiger partial charge in [0, 0.05) is 22.9 Å². The van der Waals surface area contributed by atoms with E-state index in [9.17, 15) is 4.39 Å². The quantitative estimate of drug-likeness (QED) is 0.670. The van der Waals surface area contributed by atoms with Crippen LogP contribution in [0.15, 0.2) is 23.1 Å². The monoisotopic (exact) mass is 224 g/mol. The fourth-order valence-corrected chi connectivity index (χ4v) is 3.92. The van der Waals surface area contributed by atoms with Gasteiger partial charge in [-0.1, -0.05) is 6.07 Å². The molecule has 0 unspecified atom stereocenters. The highest BCUT2D eigenvalue weighted by atomic mass is 32.2. The van der Waals surface area contributed by atoms with Crippen molar-refractivity contribution in [2.24, 2.45) is 0 Å². The standard InChI is InChI=1S/C12H13FOS/c13-10-2-1-9-8-12(15-11(9)7-10)3-5-14-6-4-12/h1-2,7H,3-6,8H2. The molecule has 3 heteroatoms. The third-order valence-electron chi connectivity index (χ3n) is 3.27. The van der Waals surface area contributed by atoms with Gasteiger partial charge in [0.1, 0.15) is 5.82 Å². The van der Waals surface area contributed by atoms with E-state index in [1.165, 1.54) is 5.56 Å². The van der Waals surface area contributed by atoms with E-state index >= 15 is 0 Å². The molecule has 0 amide bonds. The van der Waals surface area contributed by atoms with Gasteiger partial charge in [0.25, 0.3) is 0 Å². The van der Waals surface area contributed by atoms with E-state index in [0.717, 1.165) is 37.4 Å². The molecular formula is C12H13FOS. The van der Waals surface area contributed by atoms with Crippen LogP contribution in [0.4, 0.5) is 4.39 Å².